The molecule has 1 aromatic carbocycles. The highest BCUT2D eigenvalue weighted by Crippen LogP contribution is 2.54. The summed E-state index contributed by atoms with van der Waals surface area (Å²) in [5, 5.41) is 7.43. The molecule has 1 saturated heterocycles. The van der Waals surface area contributed by atoms with Gasteiger partial charge in [-0.05, 0) is 96.7 Å². The minimum absolute atomic E-state index is 0.0996. The number of carbonyl (C=O) groups is 1. The van der Waals surface area contributed by atoms with Gasteiger partial charge in [0.2, 0.25) is 0 Å². The molecule has 2 saturated carbocycles. The highest BCUT2D eigenvalue weighted by Gasteiger charge is 2.44. The first-order valence-corrected chi connectivity index (χ1v) is 11.9. The topological polar surface area (TPSA) is 62.5 Å². The van der Waals surface area contributed by atoms with E-state index in [4.69, 9.17) is 4.98 Å². The van der Waals surface area contributed by atoms with Gasteiger partial charge in [-0.25, -0.2) is 9.50 Å². The van der Waals surface area contributed by atoms with Crippen molar-refractivity contribution in [3.8, 4) is 0 Å². The number of benzene rings is 1. The molecule has 0 radical (unpaired) electrons. The Hall–Kier alpha value is -2.16. The average molecular weight is 513 g/mol. The number of amides is 1. The molecule has 0 bridgehead atoms. The van der Waals surface area contributed by atoms with Gasteiger partial charge in [0, 0.05) is 28.4 Å². The Morgan fingerprint density at radius 1 is 1.13 bits per heavy atom. The number of rotatable bonds is 4. The van der Waals surface area contributed by atoms with Gasteiger partial charge in [-0.15, -0.1) is 0 Å². The maximum atomic E-state index is 13.2. The molecule has 3 fully saturated rings. The fourth-order valence-electron chi connectivity index (χ4n) is 4.68. The lowest BCUT2D eigenvalue weighted by atomic mass is 9.93. The fraction of sp³-hybridized carbons (Fsp3) is 0.435. The molecule has 0 atom stereocenters. The second-order valence-electron chi connectivity index (χ2n) is 9.06. The second kappa shape index (κ2) is 6.93. The van der Waals surface area contributed by atoms with E-state index in [1.807, 2.05) is 30.6 Å². The van der Waals surface area contributed by atoms with E-state index in [9.17, 15) is 4.79 Å². The average Bonchev–Trinajstić information content (AvgIpc) is 3.68. The summed E-state index contributed by atoms with van der Waals surface area (Å²) < 4.78 is 2.94. The van der Waals surface area contributed by atoms with Crippen molar-refractivity contribution in [2.24, 2.45) is 5.41 Å². The Bertz CT molecular complexity index is 1140. The number of fused-ring (bicyclic) bond motifs is 1. The Balaban J connectivity index is 1.27. The first-order valence-electron chi connectivity index (χ1n) is 10.8. The van der Waals surface area contributed by atoms with Gasteiger partial charge in [0.1, 0.15) is 5.82 Å². The maximum absolute atomic E-state index is 13.2. The van der Waals surface area contributed by atoms with Crippen LogP contribution in [0, 0.1) is 8.99 Å². The lowest BCUT2D eigenvalue weighted by Gasteiger charge is -2.35. The summed E-state index contributed by atoms with van der Waals surface area (Å²) in [7, 11) is 0. The van der Waals surface area contributed by atoms with Crippen LogP contribution >= 0.6 is 22.6 Å². The van der Waals surface area contributed by atoms with Crippen molar-refractivity contribution in [3.63, 3.8) is 0 Å². The molecular formula is C23H24IN5O. The van der Waals surface area contributed by atoms with Crippen LogP contribution < -0.4 is 10.2 Å². The van der Waals surface area contributed by atoms with Crippen molar-refractivity contribution in [1.29, 1.82) is 0 Å². The Labute approximate surface area is 189 Å². The van der Waals surface area contributed by atoms with Crippen LogP contribution in [0.25, 0.3) is 5.65 Å². The van der Waals surface area contributed by atoms with E-state index < -0.39 is 0 Å². The summed E-state index contributed by atoms with van der Waals surface area (Å²) in [6.45, 7) is 2.07. The van der Waals surface area contributed by atoms with Crippen molar-refractivity contribution >= 4 is 45.7 Å². The SMILES string of the molecule is O=C(Nc1ccn2ncc(C3CC3)c2n1)c1ccc(I)cc1N1CCC2(CC1)CC2. The van der Waals surface area contributed by atoms with Gasteiger partial charge in [0.05, 0.1) is 17.4 Å². The molecular weight excluding hydrogens is 489 g/mol. The van der Waals surface area contributed by atoms with Crippen LogP contribution in [0.3, 0.4) is 0 Å². The molecule has 1 N–H and O–H groups in total. The van der Waals surface area contributed by atoms with Crippen LogP contribution in [0.1, 0.15) is 60.4 Å². The number of nitrogens with one attached hydrogen (secondary N) is 1. The summed E-state index contributed by atoms with van der Waals surface area (Å²) in [5.41, 5.74) is 4.41. The number of hydrogen-bond donors (Lipinski definition) is 1. The lowest BCUT2D eigenvalue weighted by molar-refractivity contribution is 0.102. The van der Waals surface area contributed by atoms with Crippen molar-refractivity contribution in [1.82, 2.24) is 14.6 Å². The Morgan fingerprint density at radius 2 is 1.93 bits per heavy atom. The molecule has 1 spiro atoms. The summed E-state index contributed by atoms with van der Waals surface area (Å²) in [6, 6.07) is 7.91. The highest BCUT2D eigenvalue weighted by atomic mass is 127. The van der Waals surface area contributed by atoms with Crippen LogP contribution in [-0.2, 0) is 0 Å². The zero-order valence-electron chi connectivity index (χ0n) is 16.8. The van der Waals surface area contributed by atoms with Gasteiger partial charge in [-0.3, -0.25) is 4.79 Å². The van der Waals surface area contributed by atoms with E-state index in [0.717, 1.165) is 33.6 Å². The summed E-state index contributed by atoms with van der Waals surface area (Å²) >= 11 is 2.33. The summed E-state index contributed by atoms with van der Waals surface area (Å²) in [4.78, 5) is 20.3. The first kappa shape index (κ1) is 18.6. The van der Waals surface area contributed by atoms with Crippen molar-refractivity contribution in [3.05, 3.63) is 51.4 Å². The lowest BCUT2D eigenvalue weighted by Crippen LogP contribution is -2.35. The third-order valence-electron chi connectivity index (χ3n) is 6.98. The number of piperidine rings is 1. The molecule has 3 aromatic rings. The third kappa shape index (κ3) is 3.36. The smallest absolute Gasteiger partial charge is 0.258 e. The van der Waals surface area contributed by atoms with E-state index in [1.165, 1.54) is 44.1 Å². The molecule has 1 aliphatic heterocycles. The molecule has 3 heterocycles. The van der Waals surface area contributed by atoms with Gasteiger partial charge in [0.25, 0.3) is 5.91 Å². The van der Waals surface area contributed by atoms with Gasteiger partial charge in [-0.1, -0.05) is 0 Å². The van der Waals surface area contributed by atoms with E-state index in [-0.39, 0.29) is 5.91 Å². The fourth-order valence-corrected chi connectivity index (χ4v) is 5.15. The van der Waals surface area contributed by atoms with Crippen molar-refractivity contribution in [2.45, 2.75) is 44.4 Å². The zero-order chi connectivity index (χ0) is 20.3. The second-order valence-corrected chi connectivity index (χ2v) is 10.3. The van der Waals surface area contributed by atoms with E-state index in [1.54, 1.807) is 4.52 Å². The number of hydrogen-bond acceptors (Lipinski definition) is 4. The van der Waals surface area contributed by atoms with E-state index >= 15 is 0 Å². The Morgan fingerprint density at radius 3 is 2.67 bits per heavy atom. The molecule has 2 aromatic heterocycles. The zero-order valence-corrected chi connectivity index (χ0v) is 18.9. The molecule has 3 aliphatic rings. The van der Waals surface area contributed by atoms with E-state index in [2.05, 4.69) is 44.0 Å². The molecule has 2 aliphatic carbocycles. The molecule has 30 heavy (non-hydrogen) atoms. The number of anilines is 2. The third-order valence-corrected chi connectivity index (χ3v) is 7.65. The van der Waals surface area contributed by atoms with Gasteiger partial charge in [0.15, 0.2) is 5.65 Å². The van der Waals surface area contributed by atoms with Gasteiger partial charge >= 0.3 is 0 Å². The van der Waals surface area contributed by atoms with Crippen molar-refractivity contribution in [2.75, 3.05) is 23.3 Å². The monoisotopic (exact) mass is 513 g/mol. The number of nitrogens with zero attached hydrogens (tertiary/aromatic N) is 4. The minimum atomic E-state index is -0.0996. The van der Waals surface area contributed by atoms with Crippen LogP contribution in [0.5, 0.6) is 0 Å². The number of aromatic nitrogens is 3. The molecule has 7 heteroatoms. The quantitative estimate of drug-likeness (QED) is 0.508. The minimum Gasteiger partial charge on any atom is -0.371 e. The van der Waals surface area contributed by atoms with Crippen molar-refractivity contribution < 1.29 is 4.79 Å². The largest absolute Gasteiger partial charge is 0.371 e. The predicted octanol–water partition coefficient (Wildman–Crippen LogP) is 4.84. The van der Waals surface area contributed by atoms with Gasteiger partial charge in [-0.2, -0.15) is 5.10 Å². The summed E-state index contributed by atoms with van der Waals surface area (Å²) in [6.07, 6.45) is 11.4. The van der Waals surface area contributed by atoms with Crippen LogP contribution in [-0.4, -0.2) is 33.6 Å². The van der Waals surface area contributed by atoms with Crippen LogP contribution in [0.4, 0.5) is 11.5 Å². The van der Waals surface area contributed by atoms with Gasteiger partial charge < -0.3 is 10.2 Å². The highest BCUT2D eigenvalue weighted by molar-refractivity contribution is 14.1. The summed E-state index contributed by atoms with van der Waals surface area (Å²) in [5.74, 6) is 1.05. The molecule has 6 nitrogen and oxygen atoms in total. The predicted molar refractivity (Wildman–Crippen MR) is 125 cm³/mol. The van der Waals surface area contributed by atoms with Crippen LogP contribution in [0.2, 0.25) is 0 Å². The number of carbonyl (C=O) groups excluding carboxylic acids is 1. The number of halogens is 1. The maximum Gasteiger partial charge on any atom is 0.258 e. The molecule has 1 amide bonds. The van der Waals surface area contributed by atoms with E-state index in [0.29, 0.717) is 17.2 Å². The molecule has 6 rings (SSSR count). The Kier molecular flexibility index (Phi) is 4.30. The molecule has 154 valence electrons. The normalized spacial score (nSPS) is 20.0. The molecule has 0 unspecified atom stereocenters. The standard InChI is InChI=1S/C23H24IN5O/c24-16-3-4-17(19(13-16)28-11-8-23(6-7-23)9-12-28)22(30)27-20-5-10-29-21(26-20)18(14-25-29)15-1-2-15/h3-5,10,13-15H,1-2,6-9,11-12H2,(H,26,27,30). The first-order chi connectivity index (χ1) is 14.6. The van der Waals surface area contributed by atoms with Crippen LogP contribution in [0.15, 0.2) is 36.7 Å².